The van der Waals surface area contributed by atoms with Crippen LogP contribution in [0.1, 0.15) is 116 Å². The molecule has 4 aliphatic rings. The Hall–Kier alpha value is -1.54. The molecule has 6 unspecified atom stereocenters. The molecule has 0 bridgehead atoms. The van der Waals surface area contributed by atoms with Gasteiger partial charge in [0, 0.05) is 17.8 Å². The van der Waals surface area contributed by atoms with Gasteiger partial charge in [-0.05, 0) is 88.9 Å². The van der Waals surface area contributed by atoms with Crippen molar-refractivity contribution in [3.63, 3.8) is 0 Å². The molecular weight excluding hydrogens is 485 g/mol. The van der Waals surface area contributed by atoms with Gasteiger partial charge in [-0.25, -0.2) is 4.39 Å². The number of nitrogens with two attached hydrogens (primary N) is 1. The van der Waals surface area contributed by atoms with E-state index in [2.05, 4.69) is 0 Å². The zero-order valence-corrected chi connectivity index (χ0v) is 23.3. The van der Waals surface area contributed by atoms with Gasteiger partial charge in [0.15, 0.2) is 0 Å². The summed E-state index contributed by atoms with van der Waals surface area (Å²) in [5.41, 5.74) is 7.58. The van der Waals surface area contributed by atoms with Gasteiger partial charge in [0.05, 0.1) is 17.9 Å². The standard InChI is InChI=1S/C30H50FN3O4/c1-19(30(37)38)6-5-9-28-33-27-17-21(26(32)18-24(35)16-20-7-3-2-4-8-20)10-15-25(27)29(36)34(28)23-13-11-22(31)12-14-23/h19-26,28,35H,2-18,32H2,1H3,(H,37,38). The molecule has 4 N–H and O–H groups in total. The van der Waals surface area contributed by atoms with Crippen LogP contribution in [0.15, 0.2) is 4.99 Å². The van der Waals surface area contributed by atoms with E-state index in [1.54, 1.807) is 6.92 Å². The van der Waals surface area contributed by atoms with Crippen LogP contribution in [0.3, 0.4) is 0 Å². The van der Waals surface area contributed by atoms with Crippen molar-refractivity contribution in [2.75, 3.05) is 0 Å². The molecule has 0 aromatic rings. The molecule has 216 valence electrons. The summed E-state index contributed by atoms with van der Waals surface area (Å²) in [7, 11) is 0. The number of aliphatic imine (C=N–C) groups is 1. The van der Waals surface area contributed by atoms with Crippen molar-refractivity contribution >= 4 is 17.6 Å². The summed E-state index contributed by atoms with van der Waals surface area (Å²) in [6, 6.07) is -0.100. The van der Waals surface area contributed by atoms with E-state index in [1.165, 1.54) is 32.1 Å². The van der Waals surface area contributed by atoms with Crippen LogP contribution in [-0.2, 0) is 9.59 Å². The second-order valence-corrected chi connectivity index (χ2v) is 12.8. The van der Waals surface area contributed by atoms with E-state index in [0.717, 1.165) is 25.0 Å². The number of carboxylic acids is 1. The lowest BCUT2D eigenvalue weighted by molar-refractivity contribution is -0.143. The van der Waals surface area contributed by atoms with E-state index >= 15 is 0 Å². The number of carbonyl (C=O) groups is 2. The Morgan fingerprint density at radius 1 is 1.11 bits per heavy atom. The van der Waals surface area contributed by atoms with Gasteiger partial charge in [0.25, 0.3) is 0 Å². The Morgan fingerprint density at radius 2 is 1.82 bits per heavy atom. The second-order valence-electron chi connectivity index (χ2n) is 12.8. The third-order valence-corrected chi connectivity index (χ3v) is 9.91. The molecule has 0 radical (unpaired) electrons. The minimum absolute atomic E-state index is 0.0108. The molecule has 0 saturated heterocycles. The Balaban J connectivity index is 1.41. The highest BCUT2D eigenvalue weighted by atomic mass is 19.1. The van der Waals surface area contributed by atoms with E-state index in [-0.39, 0.29) is 42.1 Å². The largest absolute Gasteiger partial charge is 0.481 e. The van der Waals surface area contributed by atoms with Gasteiger partial charge in [-0.2, -0.15) is 0 Å². The van der Waals surface area contributed by atoms with Crippen LogP contribution in [0.4, 0.5) is 4.39 Å². The highest BCUT2D eigenvalue weighted by Gasteiger charge is 2.44. The van der Waals surface area contributed by atoms with Crippen LogP contribution >= 0.6 is 0 Å². The zero-order valence-electron chi connectivity index (χ0n) is 23.3. The first-order valence-corrected chi connectivity index (χ1v) is 15.4. The number of aliphatic carboxylic acids is 1. The van der Waals surface area contributed by atoms with Crippen molar-refractivity contribution in [2.45, 2.75) is 147 Å². The number of carbonyl (C=O) groups excluding carboxylic acids is 1. The molecule has 0 spiro atoms. The smallest absolute Gasteiger partial charge is 0.306 e. The molecule has 3 aliphatic carbocycles. The van der Waals surface area contributed by atoms with E-state index in [0.29, 0.717) is 63.7 Å². The van der Waals surface area contributed by atoms with Crippen molar-refractivity contribution in [2.24, 2.45) is 34.4 Å². The fourth-order valence-corrected chi connectivity index (χ4v) is 7.50. The third kappa shape index (κ3) is 7.56. The van der Waals surface area contributed by atoms with Crippen LogP contribution in [-0.4, -0.2) is 63.2 Å². The average Bonchev–Trinajstić information content (AvgIpc) is 2.89. The SMILES string of the molecule is CC(CCCC1N=C2CC(C(N)CC(O)CC3CCCCC3)CCC2C(=O)N1C1CCC(F)CC1)C(=O)O. The number of fused-ring (bicyclic) bond motifs is 1. The maximum atomic E-state index is 13.9. The number of alkyl halides is 1. The third-order valence-electron chi connectivity index (χ3n) is 9.91. The Morgan fingerprint density at radius 3 is 2.50 bits per heavy atom. The first-order valence-electron chi connectivity index (χ1n) is 15.4. The van der Waals surface area contributed by atoms with E-state index in [9.17, 15) is 24.2 Å². The predicted molar refractivity (Wildman–Crippen MR) is 146 cm³/mol. The van der Waals surface area contributed by atoms with Crippen LogP contribution in [0.25, 0.3) is 0 Å². The highest BCUT2D eigenvalue weighted by Crippen LogP contribution is 2.39. The predicted octanol–water partition coefficient (Wildman–Crippen LogP) is 5.23. The number of aliphatic hydroxyl groups is 1. The number of rotatable bonds is 11. The number of hydrogen-bond acceptors (Lipinski definition) is 5. The number of nitrogens with zero attached hydrogens (tertiary/aromatic N) is 2. The molecule has 1 amide bonds. The molecule has 4 rings (SSSR count). The number of halogens is 1. The van der Waals surface area contributed by atoms with Crippen LogP contribution in [0, 0.1) is 23.7 Å². The van der Waals surface area contributed by atoms with Gasteiger partial charge < -0.3 is 20.8 Å². The first-order chi connectivity index (χ1) is 18.2. The summed E-state index contributed by atoms with van der Waals surface area (Å²) in [5, 5.41) is 20.0. The van der Waals surface area contributed by atoms with Gasteiger partial charge in [-0.3, -0.25) is 14.6 Å². The molecule has 1 heterocycles. The fourth-order valence-electron chi connectivity index (χ4n) is 7.50. The van der Waals surface area contributed by atoms with Crippen molar-refractivity contribution < 1.29 is 24.2 Å². The van der Waals surface area contributed by atoms with Crippen LogP contribution in [0.2, 0.25) is 0 Å². The summed E-state index contributed by atoms with van der Waals surface area (Å²) in [6.07, 6.45) is 12.7. The molecule has 6 atom stereocenters. The molecule has 1 aliphatic heterocycles. The van der Waals surface area contributed by atoms with Crippen molar-refractivity contribution in [3.8, 4) is 0 Å². The summed E-state index contributed by atoms with van der Waals surface area (Å²) >= 11 is 0. The fraction of sp³-hybridized carbons (Fsp3) is 0.900. The van der Waals surface area contributed by atoms with Crippen LogP contribution < -0.4 is 5.73 Å². The van der Waals surface area contributed by atoms with Gasteiger partial charge in [0.1, 0.15) is 12.3 Å². The molecule has 38 heavy (non-hydrogen) atoms. The van der Waals surface area contributed by atoms with Gasteiger partial charge in [-0.15, -0.1) is 0 Å². The number of aliphatic hydroxyl groups excluding tert-OH is 1. The molecule has 3 saturated carbocycles. The molecule has 8 heteroatoms. The number of hydrogen-bond donors (Lipinski definition) is 3. The minimum atomic E-state index is -0.802. The topological polar surface area (TPSA) is 116 Å². The molecule has 0 aromatic carbocycles. The summed E-state index contributed by atoms with van der Waals surface area (Å²) in [6.45, 7) is 1.71. The van der Waals surface area contributed by atoms with Crippen molar-refractivity contribution in [3.05, 3.63) is 0 Å². The lowest BCUT2D eigenvalue weighted by Crippen LogP contribution is -2.56. The molecular formula is C30H50FN3O4. The van der Waals surface area contributed by atoms with Crippen molar-refractivity contribution in [1.29, 1.82) is 0 Å². The van der Waals surface area contributed by atoms with Gasteiger partial charge in [0.2, 0.25) is 5.91 Å². The van der Waals surface area contributed by atoms with Crippen molar-refractivity contribution in [1.82, 2.24) is 4.90 Å². The van der Waals surface area contributed by atoms with E-state index in [4.69, 9.17) is 10.7 Å². The summed E-state index contributed by atoms with van der Waals surface area (Å²) < 4.78 is 13.9. The highest BCUT2D eigenvalue weighted by molar-refractivity contribution is 6.06. The minimum Gasteiger partial charge on any atom is -0.481 e. The Labute approximate surface area is 227 Å². The average molecular weight is 536 g/mol. The van der Waals surface area contributed by atoms with Gasteiger partial charge in [-0.1, -0.05) is 39.0 Å². The van der Waals surface area contributed by atoms with E-state index in [1.807, 2.05) is 4.90 Å². The summed E-state index contributed by atoms with van der Waals surface area (Å²) in [5.74, 6) is -0.503. The molecule has 0 aromatic heterocycles. The quantitative estimate of drug-likeness (QED) is 0.335. The monoisotopic (exact) mass is 535 g/mol. The Kier molecular flexibility index (Phi) is 10.6. The first kappa shape index (κ1) is 29.4. The maximum absolute atomic E-state index is 13.9. The normalized spacial score (nSPS) is 33.3. The maximum Gasteiger partial charge on any atom is 0.306 e. The zero-order chi connectivity index (χ0) is 27.2. The molecule has 3 fully saturated rings. The molecule has 7 nitrogen and oxygen atoms in total. The number of carboxylic acid groups (broad SMARTS) is 1. The summed E-state index contributed by atoms with van der Waals surface area (Å²) in [4.78, 5) is 32.2. The lowest BCUT2D eigenvalue weighted by atomic mass is 9.74. The Bertz CT molecular complexity index is 824. The second kappa shape index (κ2) is 13.7. The van der Waals surface area contributed by atoms with Gasteiger partial charge >= 0.3 is 5.97 Å². The number of amides is 1. The van der Waals surface area contributed by atoms with E-state index < -0.39 is 18.1 Å². The lowest BCUT2D eigenvalue weighted by Gasteiger charge is -2.46. The van der Waals surface area contributed by atoms with Crippen LogP contribution in [0.5, 0.6) is 0 Å².